The van der Waals surface area contributed by atoms with Gasteiger partial charge in [0.15, 0.2) is 0 Å². The number of aromatic carboxylic acids is 1. The number of pyridine rings is 1. The van der Waals surface area contributed by atoms with Crippen molar-refractivity contribution in [3.05, 3.63) is 58.8 Å². The fourth-order valence-electron chi connectivity index (χ4n) is 2.35. The van der Waals surface area contributed by atoms with Crippen LogP contribution >= 0.6 is 0 Å². The third-order valence-corrected chi connectivity index (χ3v) is 3.35. The third-order valence-electron chi connectivity index (χ3n) is 3.35. The first-order valence-electron chi connectivity index (χ1n) is 6.14. The Morgan fingerprint density at radius 1 is 1.25 bits per heavy atom. The van der Waals surface area contributed by atoms with Gasteiger partial charge in [-0.2, -0.15) is 5.26 Å². The molecule has 0 atom stereocenters. The maximum atomic E-state index is 11.0. The summed E-state index contributed by atoms with van der Waals surface area (Å²) in [6.07, 6.45) is 0. The van der Waals surface area contributed by atoms with Crippen molar-refractivity contribution in [1.29, 1.82) is 5.26 Å². The summed E-state index contributed by atoms with van der Waals surface area (Å²) >= 11 is 0. The highest BCUT2D eigenvalue weighted by Crippen LogP contribution is 2.27. The Balaban J connectivity index is 1.90. The monoisotopic (exact) mass is 265 g/mol. The van der Waals surface area contributed by atoms with Crippen LogP contribution < -0.4 is 4.90 Å². The number of hydrogen-bond acceptors (Lipinski definition) is 4. The average molecular weight is 265 g/mol. The van der Waals surface area contributed by atoms with Gasteiger partial charge < -0.3 is 10.0 Å². The van der Waals surface area contributed by atoms with Gasteiger partial charge in [-0.15, -0.1) is 0 Å². The Kier molecular flexibility index (Phi) is 2.84. The van der Waals surface area contributed by atoms with Crippen LogP contribution in [0.5, 0.6) is 0 Å². The summed E-state index contributed by atoms with van der Waals surface area (Å²) in [5.74, 6) is -0.187. The molecule has 0 unspecified atom stereocenters. The van der Waals surface area contributed by atoms with Crippen LogP contribution in [0.25, 0.3) is 0 Å². The van der Waals surface area contributed by atoms with E-state index < -0.39 is 5.97 Å². The largest absolute Gasteiger partial charge is 0.478 e. The van der Waals surface area contributed by atoms with Crippen LogP contribution in [0.2, 0.25) is 0 Å². The minimum Gasteiger partial charge on any atom is -0.478 e. The third kappa shape index (κ3) is 2.08. The number of nitriles is 1. The molecule has 1 aliphatic heterocycles. The molecule has 20 heavy (non-hydrogen) atoms. The number of benzene rings is 1. The van der Waals surface area contributed by atoms with Gasteiger partial charge in [0.1, 0.15) is 17.6 Å². The highest BCUT2D eigenvalue weighted by molar-refractivity contribution is 5.88. The van der Waals surface area contributed by atoms with Crippen LogP contribution in [-0.2, 0) is 13.1 Å². The number of carboxylic acids is 1. The Labute approximate surface area is 115 Å². The van der Waals surface area contributed by atoms with Crippen molar-refractivity contribution in [2.75, 3.05) is 4.90 Å². The van der Waals surface area contributed by atoms with E-state index in [0.29, 0.717) is 24.3 Å². The van der Waals surface area contributed by atoms with Crippen LogP contribution in [0.1, 0.15) is 27.2 Å². The zero-order valence-electron chi connectivity index (χ0n) is 10.6. The zero-order valence-corrected chi connectivity index (χ0v) is 10.6. The van der Waals surface area contributed by atoms with Gasteiger partial charge in [0.25, 0.3) is 0 Å². The van der Waals surface area contributed by atoms with Gasteiger partial charge in [-0.1, -0.05) is 12.1 Å². The molecule has 1 aliphatic rings. The van der Waals surface area contributed by atoms with E-state index in [1.807, 2.05) is 23.1 Å². The minimum absolute atomic E-state index is 0.296. The lowest BCUT2D eigenvalue weighted by molar-refractivity contribution is 0.0697. The normalized spacial score (nSPS) is 12.8. The fourth-order valence-corrected chi connectivity index (χ4v) is 2.35. The van der Waals surface area contributed by atoms with Crippen molar-refractivity contribution in [1.82, 2.24) is 4.98 Å². The van der Waals surface area contributed by atoms with E-state index >= 15 is 0 Å². The molecule has 2 heterocycles. The second kappa shape index (κ2) is 4.67. The Hall–Kier alpha value is -2.87. The molecule has 0 saturated carbocycles. The minimum atomic E-state index is -0.921. The first kappa shape index (κ1) is 12.2. The van der Waals surface area contributed by atoms with Gasteiger partial charge >= 0.3 is 5.97 Å². The van der Waals surface area contributed by atoms with Crippen LogP contribution in [0.4, 0.5) is 5.82 Å². The molecule has 5 heteroatoms. The van der Waals surface area contributed by atoms with E-state index in [9.17, 15) is 4.79 Å². The molecule has 0 spiro atoms. The standard InChI is InChI=1S/C15H11N3O2/c16-7-13-2-1-3-14(17-13)18-8-11-5-4-10(15(19)20)6-12(11)9-18/h1-6H,8-9H2,(H,19,20). The number of carboxylic acid groups (broad SMARTS) is 1. The predicted octanol–water partition coefficient (Wildman–Crippen LogP) is 2.17. The topological polar surface area (TPSA) is 77.2 Å². The summed E-state index contributed by atoms with van der Waals surface area (Å²) < 4.78 is 0. The van der Waals surface area contributed by atoms with Gasteiger partial charge in [-0.05, 0) is 35.4 Å². The van der Waals surface area contributed by atoms with Crippen LogP contribution in [0.15, 0.2) is 36.4 Å². The second-order valence-electron chi connectivity index (χ2n) is 4.64. The van der Waals surface area contributed by atoms with Crippen molar-refractivity contribution in [2.45, 2.75) is 13.1 Å². The lowest BCUT2D eigenvalue weighted by Crippen LogP contribution is -2.16. The average Bonchev–Trinajstić information content (AvgIpc) is 2.90. The van der Waals surface area contributed by atoms with Gasteiger partial charge in [-0.3, -0.25) is 0 Å². The molecule has 98 valence electrons. The molecular formula is C15H11N3O2. The maximum absolute atomic E-state index is 11.0. The number of anilines is 1. The van der Waals surface area contributed by atoms with Crippen molar-refractivity contribution in [3.8, 4) is 6.07 Å². The lowest BCUT2D eigenvalue weighted by Gasteiger charge is -2.16. The van der Waals surface area contributed by atoms with E-state index in [2.05, 4.69) is 4.98 Å². The highest BCUT2D eigenvalue weighted by atomic mass is 16.4. The Bertz CT molecular complexity index is 734. The lowest BCUT2D eigenvalue weighted by atomic mass is 10.1. The van der Waals surface area contributed by atoms with E-state index in [-0.39, 0.29) is 0 Å². The number of nitrogens with zero attached hydrogens (tertiary/aromatic N) is 3. The smallest absolute Gasteiger partial charge is 0.335 e. The first-order valence-corrected chi connectivity index (χ1v) is 6.14. The molecular weight excluding hydrogens is 254 g/mol. The molecule has 0 radical (unpaired) electrons. The van der Waals surface area contributed by atoms with E-state index in [0.717, 1.165) is 16.9 Å². The molecule has 1 N–H and O–H groups in total. The Morgan fingerprint density at radius 2 is 2.05 bits per heavy atom. The number of aromatic nitrogens is 1. The van der Waals surface area contributed by atoms with Gasteiger partial charge in [0, 0.05) is 13.1 Å². The zero-order chi connectivity index (χ0) is 14.1. The molecule has 1 aromatic carbocycles. The summed E-state index contributed by atoms with van der Waals surface area (Å²) in [5.41, 5.74) is 2.77. The fraction of sp³-hybridized carbons (Fsp3) is 0.133. The molecule has 0 saturated heterocycles. The number of fused-ring (bicyclic) bond motifs is 1. The van der Waals surface area contributed by atoms with Crippen LogP contribution in [0, 0.1) is 11.3 Å². The highest BCUT2D eigenvalue weighted by Gasteiger charge is 2.21. The summed E-state index contributed by atoms with van der Waals surface area (Å²) in [5, 5.41) is 17.9. The van der Waals surface area contributed by atoms with Gasteiger partial charge in [0.2, 0.25) is 0 Å². The van der Waals surface area contributed by atoms with Crippen molar-refractivity contribution < 1.29 is 9.90 Å². The maximum Gasteiger partial charge on any atom is 0.335 e. The van der Waals surface area contributed by atoms with Crippen molar-refractivity contribution in [2.24, 2.45) is 0 Å². The van der Waals surface area contributed by atoms with Crippen LogP contribution in [0.3, 0.4) is 0 Å². The number of carbonyl (C=O) groups is 1. The quantitative estimate of drug-likeness (QED) is 0.900. The molecule has 0 aliphatic carbocycles. The van der Waals surface area contributed by atoms with Crippen molar-refractivity contribution >= 4 is 11.8 Å². The molecule has 5 nitrogen and oxygen atoms in total. The summed E-state index contributed by atoms with van der Waals surface area (Å²) in [6, 6.07) is 12.5. The van der Waals surface area contributed by atoms with E-state index in [1.165, 1.54) is 0 Å². The second-order valence-corrected chi connectivity index (χ2v) is 4.64. The molecule has 0 bridgehead atoms. The number of rotatable bonds is 2. The molecule has 0 amide bonds. The van der Waals surface area contributed by atoms with Crippen LogP contribution in [-0.4, -0.2) is 16.1 Å². The summed E-state index contributed by atoms with van der Waals surface area (Å²) in [6.45, 7) is 1.29. The SMILES string of the molecule is N#Cc1cccc(N2Cc3ccc(C(=O)O)cc3C2)n1. The van der Waals surface area contributed by atoms with Gasteiger partial charge in [0.05, 0.1) is 5.56 Å². The molecule has 1 aromatic heterocycles. The Morgan fingerprint density at radius 3 is 2.80 bits per heavy atom. The van der Waals surface area contributed by atoms with E-state index in [1.54, 1.807) is 24.3 Å². The summed E-state index contributed by atoms with van der Waals surface area (Å²) in [7, 11) is 0. The van der Waals surface area contributed by atoms with Gasteiger partial charge in [-0.25, -0.2) is 9.78 Å². The molecule has 3 rings (SSSR count). The molecule has 2 aromatic rings. The summed E-state index contributed by atoms with van der Waals surface area (Å²) in [4.78, 5) is 17.3. The number of hydrogen-bond donors (Lipinski definition) is 1. The predicted molar refractivity (Wildman–Crippen MR) is 72.2 cm³/mol. The molecule has 0 fully saturated rings. The van der Waals surface area contributed by atoms with E-state index in [4.69, 9.17) is 10.4 Å². The first-order chi connectivity index (χ1) is 9.67. The van der Waals surface area contributed by atoms with Crippen molar-refractivity contribution in [3.63, 3.8) is 0 Å².